The van der Waals surface area contributed by atoms with E-state index in [2.05, 4.69) is 69.5 Å². The van der Waals surface area contributed by atoms with Crippen LogP contribution < -0.4 is 0 Å². The number of aryl methyl sites for hydroxylation is 1. The Bertz CT molecular complexity index is 1640. The van der Waals surface area contributed by atoms with Gasteiger partial charge in [-0.05, 0) is 54.6 Å². The third-order valence-electron chi connectivity index (χ3n) is 6.18. The van der Waals surface area contributed by atoms with Crippen molar-refractivity contribution in [2.75, 3.05) is 7.05 Å². The summed E-state index contributed by atoms with van der Waals surface area (Å²) >= 11 is 0. The third kappa shape index (κ3) is 4.18. The monoisotopic (exact) mass is 459 g/mol. The van der Waals surface area contributed by atoms with Crippen LogP contribution in [0.25, 0.3) is 39.1 Å². The average Bonchev–Trinajstić information content (AvgIpc) is 3.51. The van der Waals surface area contributed by atoms with E-state index in [-0.39, 0.29) is 0 Å². The molecule has 0 saturated heterocycles. The first-order chi connectivity index (χ1) is 17.1. The highest BCUT2D eigenvalue weighted by molar-refractivity contribution is 5.85. The van der Waals surface area contributed by atoms with Crippen LogP contribution in [0.4, 0.5) is 0 Å². The molecule has 35 heavy (non-hydrogen) atoms. The Hall–Kier alpha value is -4.36. The van der Waals surface area contributed by atoms with Gasteiger partial charge in [0.05, 0.1) is 23.6 Å². The van der Waals surface area contributed by atoms with Gasteiger partial charge in [-0.15, -0.1) is 0 Å². The molecule has 6 rings (SSSR count). The summed E-state index contributed by atoms with van der Waals surface area (Å²) in [6.45, 7) is 3.49. The summed E-state index contributed by atoms with van der Waals surface area (Å²) in [6, 6.07) is 25.0. The minimum atomic E-state index is 0.674. The average molecular weight is 460 g/mol. The van der Waals surface area contributed by atoms with Gasteiger partial charge in [-0.3, -0.25) is 9.88 Å². The molecule has 0 fully saturated rings. The maximum atomic E-state index is 5.02. The molecule has 0 aliphatic rings. The SMILES string of the molecule is Cc1cccc(-c2[nH]c(CN(C)Cc3cccc4ccccc34)nc2-c2ccc3ncnn3c2)n1. The van der Waals surface area contributed by atoms with E-state index in [0.717, 1.165) is 46.4 Å². The molecule has 0 aliphatic heterocycles. The van der Waals surface area contributed by atoms with Gasteiger partial charge in [-0.1, -0.05) is 48.5 Å². The first-order valence-electron chi connectivity index (χ1n) is 11.6. The zero-order valence-electron chi connectivity index (χ0n) is 19.7. The zero-order chi connectivity index (χ0) is 23.8. The van der Waals surface area contributed by atoms with Gasteiger partial charge in [-0.2, -0.15) is 5.10 Å². The number of pyridine rings is 2. The third-order valence-corrected chi connectivity index (χ3v) is 6.18. The normalized spacial score (nSPS) is 11.6. The lowest BCUT2D eigenvalue weighted by atomic mass is 10.0. The smallest absolute Gasteiger partial charge is 0.155 e. The molecule has 172 valence electrons. The lowest BCUT2D eigenvalue weighted by Gasteiger charge is -2.16. The van der Waals surface area contributed by atoms with E-state index in [1.165, 1.54) is 16.3 Å². The van der Waals surface area contributed by atoms with Crippen molar-refractivity contribution in [1.29, 1.82) is 0 Å². The standard InChI is InChI=1S/C28H25N7/c1-19-7-5-12-24(31-19)28-27(22-13-14-26-29-18-30-35(26)16-22)32-25(33-28)17-34(2)15-21-10-6-9-20-8-3-4-11-23(20)21/h3-14,16,18H,15,17H2,1-2H3,(H,32,33). The molecule has 0 spiro atoms. The largest absolute Gasteiger partial charge is 0.339 e. The summed E-state index contributed by atoms with van der Waals surface area (Å²) < 4.78 is 1.77. The number of hydrogen-bond acceptors (Lipinski definition) is 5. The first-order valence-corrected chi connectivity index (χ1v) is 11.6. The second kappa shape index (κ2) is 8.77. The van der Waals surface area contributed by atoms with Gasteiger partial charge in [-0.25, -0.2) is 14.5 Å². The molecular formula is C28H25N7. The topological polar surface area (TPSA) is 75.0 Å². The number of H-pyrrole nitrogens is 1. The Labute approximate surface area is 203 Å². The molecule has 1 N–H and O–H groups in total. The van der Waals surface area contributed by atoms with E-state index in [1.54, 1.807) is 10.8 Å². The Morgan fingerprint density at radius 1 is 0.886 bits per heavy atom. The number of aromatic nitrogens is 6. The van der Waals surface area contributed by atoms with E-state index in [1.807, 2.05) is 43.5 Å². The van der Waals surface area contributed by atoms with Crippen LogP contribution in [0.15, 0.2) is 85.3 Å². The van der Waals surface area contributed by atoms with Crippen LogP contribution in [-0.4, -0.2) is 41.5 Å². The highest BCUT2D eigenvalue weighted by atomic mass is 15.3. The first kappa shape index (κ1) is 21.2. The highest BCUT2D eigenvalue weighted by Gasteiger charge is 2.17. The Morgan fingerprint density at radius 3 is 2.66 bits per heavy atom. The maximum Gasteiger partial charge on any atom is 0.155 e. The Kier molecular flexibility index (Phi) is 5.31. The van der Waals surface area contributed by atoms with Crippen molar-refractivity contribution in [3.8, 4) is 22.6 Å². The minimum Gasteiger partial charge on any atom is -0.339 e. The van der Waals surface area contributed by atoms with Crippen molar-refractivity contribution in [3.05, 3.63) is 102 Å². The molecule has 0 aliphatic carbocycles. The molecule has 7 heteroatoms. The minimum absolute atomic E-state index is 0.674. The van der Waals surface area contributed by atoms with Gasteiger partial charge in [0.2, 0.25) is 0 Å². The Balaban J connectivity index is 1.35. The van der Waals surface area contributed by atoms with E-state index in [4.69, 9.17) is 9.97 Å². The number of imidazole rings is 1. The van der Waals surface area contributed by atoms with Crippen LogP contribution in [0.3, 0.4) is 0 Å². The number of fused-ring (bicyclic) bond motifs is 2. The van der Waals surface area contributed by atoms with E-state index in [9.17, 15) is 0 Å². The molecule has 4 heterocycles. The Morgan fingerprint density at radius 2 is 1.74 bits per heavy atom. The second-order valence-corrected chi connectivity index (χ2v) is 8.86. The fourth-order valence-corrected chi connectivity index (χ4v) is 4.56. The molecule has 4 aromatic heterocycles. The highest BCUT2D eigenvalue weighted by Crippen LogP contribution is 2.30. The molecular weight excluding hydrogens is 434 g/mol. The molecule has 0 unspecified atom stereocenters. The van der Waals surface area contributed by atoms with Crippen LogP contribution >= 0.6 is 0 Å². The van der Waals surface area contributed by atoms with Crippen molar-refractivity contribution in [3.63, 3.8) is 0 Å². The van der Waals surface area contributed by atoms with E-state index < -0.39 is 0 Å². The van der Waals surface area contributed by atoms with Crippen molar-refractivity contribution in [2.24, 2.45) is 0 Å². The van der Waals surface area contributed by atoms with Gasteiger partial charge in [0, 0.05) is 24.0 Å². The molecule has 2 aromatic carbocycles. The van der Waals surface area contributed by atoms with Gasteiger partial charge in [0.15, 0.2) is 5.65 Å². The number of rotatable bonds is 6. The van der Waals surface area contributed by atoms with Crippen molar-refractivity contribution >= 4 is 16.4 Å². The summed E-state index contributed by atoms with van der Waals surface area (Å²) in [5.41, 5.74) is 6.65. The predicted molar refractivity (Wildman–Crippen MR) is 138 cm³/mol. The van der Waals surface area contributed by atoms with Gasteiger partial charge in [0.25, 0.3) is 0 Å². The predicted octanol–water partition coefficient (Wildman–Crippen LogP) is 5.28. The fraction of sp³-hybridized carbons (Fsp3) is 0.143. The van der Waals surface area contributed by atoms with Crippen LogP contribution in [-0.2, 0) is 13.1 Å². The second-order valence-electron chi connectivity index (χ2n) is 8.86. The van der Waals surface area contributed by atoms with E-state index in [0.29, 0.717) is 6.54 Å². The number of hydrogen-bond donors (Lipinski definition) is 1. The van der Waals surface area contributed by atoms with Crippen LogP contribution in [0.1, 0.15) is 17.1 Å². The zero-order valence-corrected chi connectivity index (χ0v) is 19.7. The van der Waals surface area contributed by atoms with Gasteiger partial charge < -0.3 is 4.98 Å². The molecule has 7 nitrogen and oxygen atoms in total. The fourth-order valence-electron chi connectivity index (χ4n) is 4.56. The maximum absolute atomic E-state index is 5.02. The van der Waals surface area contributed by atoms with E-state index >= 15 is 0 Å². The molecule has 0 amide bonds. The number of aromatic amines is 1. The van der Waals surface area contributed by atoms with Crippen LogP contribution in [0, 0.1) is 6.92 Å². The molecule has 0 radical (unpaired) electrons. The van der Waals surface area contributed by atoms with Gasteiger partial charge in [0.1, 0.15) is 12.2 Å². The van der Waals surface area contributed by atoms with Crippen molar-refractivity contribution < 1.29 is 0 Å². The quantitative estimate of drug-likeness (QED) is 0.367. The van der Waals surface area contributed by atoms with Crippen molar-refractivity contribution in [1.82, 2.24) is 34.4 Å². The molecule has 0 bridgehead atoms. The summed E-state index contributed by atoms with van der Waals surface area (Å²) in [7, 11) is 2.12. The lowest BCUT2D eigenvalue weighted by Crippen LogP contribution is -2.18. The molecule has 0 saturated carbocycles. The molecule has 0 atom stereocenters. The summed E-state index contributed by atoms with van der Waals surface area (Å²) in [5.74, 6) is 0.889. The van der Waals surface area contributed by atoms with Crippen molar-refractivity contribution in [2.45, 2.75) is 20.0 Å². The number of nitrogens with zero attached hydrogens (tertiary/aromatic N) is 6. The summed E-state index contributed by atoms with van der Waals surface area (Å²) in [4.78, 5) is 19.9. The van der Waals surface area contributed by atoms with Crippen LogP contribution in [0.2, 0.25) is 0 Å². The summed E-state index contributed by atoms with van der Waals surface area (Å²) in [6.07, 6.45) is 3.52. The lowest BCUT2D eigenvalue weighted by molar-refractivity contribution is 0.313. The summed E-state index contributed by atoms with van der Waals surface area (Å²) in [5, 5.41) is 6.84. The number of benzene rings is 2. The number of nitrogens with one attached hydrogen (secondary N) is 1. The van der Waals surface area contributed by atoms with Crippen LogP contribution in [0.5, 0.6) is 0 Å². The van der Waals surface area contributed by atoms with Gasteiger partial charge >= 0.3 is 0 Å². The molecule has 6 aromatic rings.